The van der Waals surface area contributed by atoms with Crippen molar-refractivity contribution in [3.8, 4) is 11.5 Å². The van der Waals surface area contributed by atoms with Crippen molar-refractivity contribution in [2.45, 2.75) is 20.4 Å². The first-order valence-corrected chi connectivity index (χ1v) is 7.24. The second-order valence-corrected chi connectivity index (χ2v) is 5.14. The van der Waals surface area contributed by atoms with E-state index in [4.69, 9.17) is 15.2 Å². The maximum Gasteiger partial charge on any atom is 0.193 e. The van der Waals surface area contributed by atoms with Crippen LogP contribution >= 0.6 is 0 Å². The molecule has 0 aliphatic heterocycles. The normalized spacial score (nSPS) is 11.2. The molecule has 0 radical (unpaired) electrons. The summed E-state index contributed by atoms with van der Waals surface area (Å²) in [7, 11) is 3.21. The molecule has 0 unspecified atom stereocenters. The maximum absolute atomic E-state index is 5.97. The summed E-state index contributed by atoms with van der Waals surface area (Å²) in [6.07, 6.45) is 1.83. The molecule has 0 aliphatic carbocycles. The second kappa shape index (κ2) is 7.49. The SMILES string of the molecule is COc1ccc(OC)c(NC(N)=NCc2cnc(C)cc2C)c1. The van der Waals surface area contributed by atoms with Crippen LogP contribution in [0.3, 0.4) is 0 Å². The first kappa shape index (κ1) is 16.6. The van der Waals surface area contributed by atoms with Crippen LogP contribution in [0.1, 0.15) is 16.8 Å². The smallest absolute Gasteiger partial charge is 0.193 e. The van der Waals surface area contributed by atoms with Crippen molar-refractivity contribution in [3.63, 3.8) is 0 Å². The molecule has 0 spiro atoms. The minimum atomic E-state index is 0.302. The molecular formula is C17H22N4O2. The van der Waals surface area contributed by atoms with Crippen LogP contribution in [0.2, 0.25) is 0 Å². The van der Waals surface area contributed by atoms with E-state index >= 15 is 0 Å². The number of pyridine rings is 1. The van der Waals surface area contributed by atoms with Gasteiger partial charge in [-0.25, -0.2) is 4.99 Å². The number of aryl methyl sites for hydroxylation is 2. The Hall–Kier alpha value is -2.76. The van der Waals surface area contributed by atoms with Crippen molar-refractivity contribution >= 4 is 11.6 Å². The van der Waals surface area contributed by atoms with Crippen molar-refractivity contribution in [3.05, 3.63) is 47.3 Å². The Morgan fingerprint density at radius 1 is 1.22 bits per heavy atom. The minimum absolute atomic E-state index is 0.302. The fourth-order valence-corrected chi connectivity index (χ4v) is 2.15. The van der Waals surface area contributed by atoms with Crippen LogP contribution in [0.25, 0.3) is 0 Å². The molecular weight excluding hydrogens is 292 g/mol. The highest BCUT2D eigenvalue weighted by Crippen LogP contribution is 2.28. The molecule has 1 aromatic carbocycles. The van der Waals surface area contributed by atoms with E-state index in [9.17, 15) is 0 Å². The van der Waals surface area contributed by atoms with Crippen molar-refractivity contribution in [1.82, 2.24) is 4.98 Å². The number of guanidine groups is 1. The van der Waals surface area contributed by atoms with E-state index in [2.05, 4.69) is 15.3 Å². The lowest BCUT2D eigenvalue weighted by Crippen LogP contribution is -2.23. The first-order valence-electron chi connectivity index (χ1n) is 7.24. The summed E-state index contributed by atoms with van der Waals surface area (Å²) in [6.45, 7) is 4.46. The number of aromatic nitrogens is 1. The summed E-state index contributed by atoms with van der Waals surface area (Å²) >= 11 is 0. The van der Waals surface area contributed by atoms with Crippen LogP contribution in [-0.2, 0) is 6.54 Å². The van der Waals surface area contributed by atoms with Crippen LogP contribution in [0.5, 0.6) is 11.5 Å². The molecule has 1 aromatic heterocycles. The van der Waals surface area contributed by atoms with Gasteiger partial charge in [0.25, 0.3) is 0 Å². The Labute approximate surface area is 136 Å². The molecule has 2 aromatic rings. The Balaban J connectivity index is 2.13. The monoisotopic (exact) mass is 314 g/mol. The van der Waals surface area contributed by atoms with Gasteiger partial charge in [-0.15, -0.1) is 0 Å². The number of aliphatic imine (C=N–C) groups is 1. The number of anilines is 1. The Morgan fingerprint density at radius 2 is 2.00 bits per heavy atom. The number of ether oxygens (including phenoxy) is 2. The summed E-state index contributed by atoms with van der Waals surface area (Å²) < 4.78 is 10.5. The standard InChI is InChI=1S/C17H22N4O2/c1-11-7-12(2)19-9-13(11)10-20-17(18)21-15-8-14(22-3)5-6-16(15)23-4/h5-9H,10H2,1-4H3,(H3,18,20,21). The molecule has 6 nitrogen and oxygen atoms in total. The number of rotatable bonds is 5. The molecule has 0 saturated heterocycles. The summed E-state index contributed by atoms with van der Waals surface area (Å²) in [5.74, 6) is 1.67. The number of benzene rings is 1. The third-order valence-corrected chi connectivity index (χ3v) is 3.45. The average molecular weight is 314 g/mol. The summed E-state index contributed by atoms with van der Waals surface area (Å²) in [5, 5.41) is 3.04. The molecule has 6 heteroatoms. The van der Waals surface area contributed by atoms with Crippen molar-refractivity contribution in [2.75, 3.05) is 19.5 Å². The lowest BCUT2D eigenvalue weighted by atomic mass is 10.1. The molecule has 0 amide bonds. The topological polar surface area (TPSA) is 81.8 Å². The maximum atomic E-state index is 5.97. The zero-order chi connectivity index (χ0) is 16.8. The molecule has 23 heavy (non-hydrogen) atoms. The van der Waals surface area contributed by atoms with Gasteiger partial charge in [0.1, 0.15) is 11.5 Å². The fraction of sp³-hybridized carbons (Fsp3) is 0.294. The fourth-order valence-electron chi connectivity index (χ4n) is 2.15. The van der Waals surface area contributed by atoms with Gasteiger partial charge in [0, 0.05) is 18.0 Å². The van der Waals surface area contributed by atoms with Gasteiger partial charge in [0.2, 0.25) is 0 Å². The van der Waals surface area contributed by atoms with Crippen LogP contribution in [0.15, 0.2) is 35.5 Å². The summed E-state index contributed by atoms with van der Waals surface area (Å²) in [5.41, 5.74) is 9.85. The highest BCUT2D eigenvalue weighted by atomic mass is 16.5. The summed E-state index contributed by atoms with van der Waals surface area (Å²) in [4.78, 5) is 8.64. The molecule has 0 bridgehead atoms. The molecule has 0 atom stereocenters. The summed E-state index contributed by atoms with van der Waals surface area (Å²) in [6, 6.07) is 7.46. The zero-order valence-corrected chi connectivity index (χ0v) is 13.9. The van der Waals surface area contributed by atoms with Gasteiger partial charge >= 0.3 is 0 Å². The third-order valence-electron chi connectivity index (χ3n) is 3.45. The Morgan fingerprint density at radius 3 is 2.65 bits per heavy atom. The number of hydrogen-bond acceptors (Lipinski definition) is 4. The lowest BCUT2D eigenvalue weighted by Gasteiger charge is -2.12. The van der Waals surface area contributed by atoms with Crippen LogP contribution in [0.4, 0.5) is 5.69 Å². The van der Waals surface area contributed by atoms with Crippen LogP contribution in [-0.4, -0.2) is 25.2 Å². The van der Waals surface area contributed by atoms with E-state index < -0.39 is 0 Å². The van der Waals surface area contributed by atoms with Gasteiger partial charge in [0.05, 0.1) is 26.5 Å². The highest BCUT2D eigenvalue weighted by Gasteiger charge is 2.06. The molecule has 122 valence electrons. The second-order valence-electron chi connectivity index (χ2n) is 5.14. The van der Waals surface area contributed by atoms with E-state index in [1.807, 2.05) is 38.2 Å². The van der Waals surface area contributed by atoms with E-state index in [0.717, 1.165) is 16.8 Å². The molecule has 1 heterocycles. The number of nitrogens with two attached hydrogens (primary N) is 1. The van der Waals surface area contributed by atoms with Gasteiger partial charge in [-0.2, -0.15) is 0 Å². The molecule has 0 saturated carbocycles. The first-order chi connectivity index (χ1) is 11.0. The van der Waals surface area contributed by atoms with E-state index in [1.165, 1.54) is 0 Å². The Bertz CT molecular complexity index is 714. The number of nitrogens with one attached hydrogen (secondary N) is 1. The predicted octanol–water partition coefficient (Wildman–Crippen LogP) is 2.64. The predicted molar refractivity (Wildman–Crippen MR) is 92.2 cm³/mol. The van der Waals surface area contributed by atoms with Crippen molar-refractivity contribution in [1.29, 1.82) is 0 Å². The Kier molecular flexibility index (Phi) is 5.41. The van der Waals surface area contributed by atoms with E-state index in [-0.39, 0.29) is 0 Å². The van der Waals surface area contributed by atoms with Crippen LogP contribution < -0.4 is 20.5 Å². The lowest BCUT2D eigenvalue weighted by molar-refractivity contribution is 0.405. The van der Waals surface area contributed by atoms with Crippen LogP contribution in [0, 0.1) is 13.8 Å². The minimum Gasteiger partial charge on any atom is -0.497 e. The van der Waals surface area contributed by atoms with Crippen molar-refractivity contribution in [2.24, 2.45) is 10.7 Å². The van der Waals surface area contributed by atoms with Gasteiger partial charge < -0.3 is 20.5 Å². The molecule has 0 aliphatic rings. The largest absolute Gasteiger partial charge is 0.497 e. The zero-order valence-electron chi connectivity index (χ0n) is 13.9. The molecule has 0 fully saturated rings. The number of hydrogen-bond donors (Lipinski definition) is 2. The van der Waals surface area contributed by atoms with Gasteiger partial charge in [-0.3, -0.25) is 4.98 Å². The quantitative estimate of drug-likeness (QED) is 0.655. The average Bonchev–Trinajstić information content (AvgIpc) is 2.54. The number of nitrogens with zero attached hydrogens (tertiary/aromatic N) is 2. The van der Waals surface area contributed by atoms with E-state index in [1.54, 1.807) is 20.3 Å². The van der Waals surface area contributed by atoms with Gasteiger partial charge in [-0.1, -0.05) is 0 Å². The third kappa shape index (κ3) is 4.35. The number of methoxy groups -OCH3 is 2. The van der Waals surface area contributed by atoms with Gasteiger partial charge in [-0.05, 0) is 43.2 Å². The molecule has 2 rings (SSSR count). The highest BCUT2D eigenvalue weighted by molar-refractivity contribution is 5.94. The van der Waals surface area contributed by atoms with E-state index in [0.29, 0.717) is 29.7 Å². The van der Waals surface area contributed by atoms with Crippen molar-refractivity contribution < 1.29 is 9.47 Å². The molecule has 3 N–H and O–H groups in total. The van der Waals surface area contributed by atoms with Gasteiger partial charge in [0.15, 0.2) is 5.96 Å².